The van der Waals surface area contributed by atoms with Crippen LogP contribution in [0.3, 0.4) is 0 Å². The predicted molar refractivity (Wildman–Crippen MR) is 179 cm³/mol. The number of nitrogens with zero attached hydrogens (tertiary/aromatic N) is 2. The molecule has 44 heavy (non-hydrogen) atoms. The van der Waals surface area contributed by atoms with Crippen molar-refractivity contribution in [3.8, 4) is 0 Å². The van der Waals surface area contributed by atoms with Crippen molar-refractivity contribution >= 4 is 23.2 Å². The normalized spacial score (nSPS) is 23.4. The molecule has 1 atom stereocenters. The van der Waals surface area contributed by atoms with Crippen LogP contribution in [0.2, 0.25) is 0 Å². The van der Waals surface area contributed by atoms with E-state index in [1.807, 2.05) is 20.8 Å². The molecule has 0 bridgehead atoms. The summed E-state index contributed by atoms with van der Waals surface area (Å²) in [5, 5.41) is 0. The molecule has 2 aliphatic carbocycles. The van der Waals surface area contributed by atoms with E-state index in [-0.39, 0.29) is 10.8 Å². The number of carbonyl (C=O) groups is 1. The number of aryl methyl sites for hydroxylation is 2. The molecule has 2 aliphatic heterocycles. The summed E-state index contributed by atoms with van der Waals surface area (Å²) in [7, 11) is 0. The molecule has 2 heterocycles. The summed E-state index contributed by atoms with van der Waals surface area (Å²) in [5.41, 5.74) is 13.3. The standard InChI is InChI=1S/C39H47N2O3/c1-11-40-29-19-13-24(3)23-28(29)38(8,9)31(40)21-17-26-15-16-27(35(26)43-36(42)44-37(5,6)7)18-22-32-39(10)33-25(4)14-20-30(34(33)39)41(32)12-2/h13-14,17-23H,11-12,15-16H2,1-10H3/q+1. The second-order valence-electron chi connectivity index (χ2n) is 14.3. The van der Waals surface area contributed by atoms with Crippen LogP contribution in [0.4, 0.5) is 16.2 Å². The highest BCUT2D eigenvalue weighted by atomic mass is 16.7. The van der Waals surface area contributed by atoms with Crippen molar-refractivity contribution in [2.24, 2.45) is 0 Å². The van der Waals surface area contributed by atoms with Crippen molar-refractivity contribution in [2.75, 3.05) is 18.0 Å². The highest BCUT2D eigenvalue weighted by Crippen LogP contribution is 2.61. The molecule has 0 amide bonds. The van der Waals surface area contributed by atoms with Crippen molar-refractivity contribution in [3.05, 3.63) is 105 Å². The zero-order chi connectivity index (χ0) is 31.8. The van der Waals surface area contributed by atoms with Gasteiger partial charge in [0, 0.05) is 41.1 Å². The average Bonchev–Trinajstić information content (AvgIpc) is 3.17. The molecule has 0 saturated heterocycles. The van der Waals surface area contributed by atoms with Crippen LogP contribution >= 0.6 is 0 Å². The van der Waals surface area contributed by atoms with E-state index in [2.05, 4.69) is 113 Å². The number of ether oxygens (including phenoxy) is 2. The Morgan fingerprint density at radius 2 is 1.75 bits per heavy atom. The molecular weight excluding hydrogens is 544 g/mol. The van der Waals surface area contributed by atoms with Crippen LogP contribution in [0.5, 0.6) is 0 Å². The summed E-state index contributed by atoms with van der Waals surface area (Å²) in [6.45, 7) is 23.1. The molecule has 0 fully saturated rings. The topological polar surface area (TPSA) is 41.8 Å². The van der Waals surface area contributed by atoms with Gasteiger partial charge in [-0.2, -0.15) is 4.58 Å². The molecule has 0 radical (unpaired) electrons. The van der Waals surface area contributed by atoms with E-state index in [1.165, 1.54) is 50.6 Å². The molecule has 0 saturated carbocycles. The minimum Gasteiger partial charge on any atom is -0.428 e. The van der Waals surface area contributed by atoms with Gasteiger partial charge in [0.25, 0.3) is 0 Å². The molecule has 230 valence electrons. The van der Waals surface area contributed by atoms with Crippen LogP contribution in [-0.4, -0.2) is 35.1 Å². The molecule has 5 heteroatoms. The van der Waals surface area contributed by atoms with Gasteiger partial charge in [0.05, 0.1) is 0 Å². The summed E-state index contributed by atoms with van der Waals surface area (Å²) in [4.78, 5) is 15.4. The number of hydrogen-bond donors (Lipinski definition) is 0. The fraction of sp³-hybridized carbons (Fsp3) is 0.436. The number of hydrogen-bond acceptors (Lipinski definition) is 4. The first-order chi connectivity index (χ1) is 20.7. The number of allylic oxidation sites excluding steroid dienone is 7. The monoisotopic (exact) mass is 591 g/mol. The molecular formula is C39H47N2O3+. The summed E-state index contributed by atoms with van der Waals surface area (Å²) in [5.74, 6) is 0.620. The average molecular weight is 592 g/mol. The molecule has 4 aliphatic rings. The van der Waals surface area contributed by atoms with E-state index in [0.717, 1.165) is 37.1 Å². The van der Waals surface area contributed by atoms with Gasteiger partial charge in [-0.3, -0.25) is 0 Å². The molecule has 0 aromatic heterocycles. The zero-order valence-corrected chi connectivity index (χ0v) is 28.1. The first-order valence-electron chi connectivity index (χ1n) is 16.1. The Hall–Kier alpha value is -3.86. The Balaban J connectivity index is 1.38. The summed E-state index contributed by atoms with van der Waals surface area (Å²) < 4.78 is 14.1. The number of benzene rings is 2. The van der Waals surface area contributed by atoms with Crippen LogP contribution in [0.25, 0.3) is 0 Å². The Labute approximate surface area is 263 Å². The summed E-state index contributed by atoms with van der Waals surface area (Å²) >= 11 is 0. The first-order valence-corrected chi connectivity index (χ1v) is 16.1. The minimum absolute atomic E-state index is 0.0328. The molecule has 2 aromatic carbocycles. The zero-order valence-electron chi connectivity index (χ0n) is 28.1. The van der Waals surface area contributed by atoms with Gasteiger partial charge in [0.1, 0.15) is 23.3 Å². The van der Waals surface area contributed by atoms with Crippen LogP contribution in [0.1, 0.15) is 96.0 Å². The number of carbonyl (C=O) groups excluding carboxylic acids is 1. The van der Waals surface area contributed by atoms with Gasteiger partial charge in [-0.15, -0.1) is 0 Å². The van der Waals surface area contributed by atoms with Gasteiger partial charge < -0.3 is 14.4 Å². The van der Waals surface area contributed by atoms with Crippen LogP contribution in [0.15, 0.2) is 77.2 Å². The number of fused-ring (bicyclic) bond motifs is 2. The number of likely N-dealkylation sites (N-methyl/N-ethyl adjacent to an activating group) is 1. The van der Waals surface area contributed by atoms with Gasteiger partial charge in [0.15, 0.2) is 5.71 Å². The van der Waals surface area contributed by atoms with Crippen molar-refractivity contribution in [1.29, 1.82) is 0 Å². The lowest BCUT2D eigenvalue weighted by atomic mass is 9.83. The molecule has 0 N–H and O–H groups in total. The SMILES string of the molecule is CCN1/C(=C/C=C2\CCC(/C=C/C3=[N+](CC)c4ccc(C)c5c4C35C)=C2OC(=O)OC(C)(C)C)C(C)(C)c2cc(C)ccc21. The van der Waals surface area contributed by atoms with Crippen LogP contribution in [-0.2, 0) is 20.3 Å². The Bertz CT molecular complexity index is 1740. The van der Waals surface area contributed by atoms with E-state index >= 15 is 0 Å². The van der Waals surface area contributed by atoms with E-state index in [0.29, 0.717) is 5.76 Å². The fourth-order valence-electron chi connectivity index (χ4n) is 7.69. The van der Waals surface area contributed by atoms with Crippen molar-refractivity contribution in [3.63, 3.8) is 0 Å². The lowest BCUT2D eigenvalue weighted by molar-refractivity contribution is -0.433. The van der Waals surface area contributed by atoms with E-state index in [4.69, 9.17) is 9.47 Å². The van der Waals surface area contributed by atoms with Crippen LogP contribution in [0, 0.1) is 13.8 Å². The highest BCUT2D eigenvalue weighted by Gasteiger charge is 2.63. The predicted octanol–water partition coefficient (Wildman–Crippen LogP) is 9.23. The molecule has 2 aromatic rings. The smallest absolute Gasteiger partial charge is 0.428 e. The maximum atomic E-state index is 13.0. The lowest BCUT2D eigenvalue weighted by Crippen LogP contribution is -2.25. The van der Waals surface area contributed by atoms with Gasteiger partial charge in [-0.25, -0.2) is 4.79 Å². The van der Waals surface area contributed by atoms with Crippen molar-refractivity contribution in [1.82, 2.24) is 0 Å². The third kappa shape index (κ3) is 4.67. The largest absolute Gasteiger partial charge is 0.514 e. The maximum Gasteiger partial charge on any atom is 0.514 e. The summed E-state index contributed by atoms with van der Waals surface area (Å²) in [6, 6.07) is 11.2. The summed E-state index contributed by atoms with van der Waals surface area (Å²) in [6.07, 6.45) is 9.75. The quantitative estimate of drug-likeness (QED) is 0.248. The maximum absolute atomic E-state index is 13.0. The van der Waals surface area contributed by atoms with Crippen molar-refractivity contribution < 1.29 is 18.8 Å². The number of rotatable bonds is 6. The lowest BCUT2D eigenvalue weighted by Gasteiger charge is -2.26. The van der Waals surface area contributed by atoms with Gasteiger partial charge in [0.2, 0.25) is 5.69 Å². The second kappa shape index (κ2) is 10.4. The first kappa shape index (κ1) is 30.2. The van der Waals surface area contributed by atoms with E-state index in [1.54, 1.807) is 0 Å². The van der Waals surface area contributed by atoms with Gasteiger partial charge >= 0.3 is 6.16 Å². The van der Waals surface area contributed by atoms with Gasteiger partial charge in [-0.1, -0.05) is 43.7 Å². The molecule has 1 unspecified atom stereocenters. The second-order valence-corrected chi connectivity index (χ2v) is 14.3. The van der Waals surface area contributed by atoms with Crippen LogP contribution < -0.4 is 4.90 Å². The highest BCUT2D eigenvalue weighted by molar-refractivity contribution is 6.13. The molecule has 6 rings (SSSR count). The third-order valence-corrected chi connectivity index (χ3v) is 9.81. The minimum atomic E-state index is -0.664. The molecule has 0 spiro atoms. The van der Waals surface area contributed by atoms with E-state index in [9.17, 15) is 4.79 Å². The third-order valence-electron chi connectivity index (χ3n) is 9.81. The fourth-order valence-corrected chi connectivity index (χ4v) is 7.69. The Kier molecular flexibility index (Phi) is 7.10. The Morgan fingerprint density at radius 1 is 1.00 bits per heavy atom. The van der Waals surface area contributed by atoms with Gasteiger partial charge in [-0.05, 0) is 114 Å². The molecule has 5 nitrogen and oxygen atoms in total. The Morgan fingerprint density at radius 3 is 2.43 bits per heavy atom. The number of anilines is 1. The van der Waals surface area contributed by atoms with E-state index < -0.39 is 11.8 Å². The van der Waals surface area contributed by atoms with Crippen molar-refractivity contribution in [2.45, 2.75) is 98.5 Å².